The molecule has 138 valence electrons. The number of nitrogens with one attached hydrogen (secondary N) is 1. The first kappa shape index (κ1) is 19.2. The molecule has 1 heterocycles. The molecule has 2 rings (SSSR count). The molecule has 0 bridgehead atoms. The van der Waals surface area contributed by atoms with Gasteiger partial charge in [-0.05, 0) is 25.5 Å². The summed E-state index contributed by atoms with van der Waals surface area (Å²) in [5, 5.41) is 0. The lowest BCUT2D eigenvalue weighted by Crippen LogP contribution is -2.53. The molecular weight excluding hydrogens is 342 g/mol. The molecule has 1 fully saturated rings. The van der Waals surface area contributed by atoms with Crippen LogP contribution in [0.2, 0.25) is 0 Å². The summed E-state index contributed by atoms with van der Waals surface area (Å²) in [6.07, 6.45) is 2.34. The Balaban J connectivity index is 1.90. The first-order chi connectivity index (χ1) is 11.8. The predicted molar refractivity (Wildman–Crippen MR) is 94.6 cm³/mol. The summed E-state index contributed by atoms with van der Waals surface area (Å²) < 4.78 is 26.6. The first-order valence-corrected chi connectivity index (χ1v) is 9.98. The minimum Gasteiger partial charge on any atom is -0.339 e. The molecule has 0 radical (unpaired) electrons. The van der Waals surface area contributed by atoms with E-state index in [2.05, 4.69) is 4.72 Å². The zero-order chi connectivity index (χ0) is 18.4. The lowest BCUT2D eigenvalue weighted by molar-refractivity contribution is -0.132. The number of sulfonamides is 1. The van der Waals surface area contributed by atoms with Gasteiger partial charge in [0.15, 0.2) is 0 Å². The van der Waals surface area contributed by atoms with Crippen molar-refractivity contribution in [2.45, 2.75) is 38.0 Å². The molecule has 1 aromatic rings. The summed E-state index contributed by atoms with van der Waals surface area (Å²) in [6, 6.07) is 5.64. The van der Waals surface area contributed by atoms with E-state index in [4.69, 9.17) is 0 Å². The Hall–Kier alpha value is -2.09. The Labute approximate surface area is 149 Å². The number of piperazine rings is 1. The van der Waals surface area contributed by atoms with Crippen LogP contribution in [-0.2, 0) is 14.8 Å². The second-order valence-electron chi connectivity index (χ2n) is 6.20. The molecule has 0 spiro atoms. The van der Waals surface area contributed by atoms with Gasteiger partial charge in [0.1, 0.15) is 0 Å². The van der Waals surface area contributed by atoms with Gasteiger partial charge in [-0.3, -0.25) is 4.79 Å². The third-order valence-electron chi connectivity index (χ3n) is 4.22. The number of carbonyl (C=O) groups is 2. The Bertz CT molecular complexity index is 708. The number of rotatable bonds is 5. The van der Waals surface area contributed by atoms with Crippen molar-refractivity contribution in [3.8, 4) is 0 Å². The normalized spacial score (nSPS) is 15.1. The van der Waals surface area contributed by atoms with Crippen LogP contribution >= 0.6 is 0 Å². The van der Waals surface area contributed by atoms with Gasteiger partial charge in [-0.1, -0.05) is 31.0 Å². The summed E-state index contributed by atoms with van der Waals surface area (Å²) in [4.78, 5) is 27.4. The molecule has 1 N–H and O–H groups in total. The number of unbranched alkanes of at least 4 members (excludes halogenated alkanes) is 1. The van der Waals surface area contributed by atoms with Crippen molar-refractivity contribution in [1.82, 2.24) is 14.5 Å². The van der Waals surface area contributed by atoms with E-state index in [0.717, 1.165) is 18.4 Å². The van der Waals surface area contributed by atoms with E-state index in [0.29, 0.717) is 32.6 Å². The van der Waals surface area contributed by atoms with Crippen molar-refractivity contribution in [3.63, 3.8) is 0 Å². The average molecular weight is 367 g/mol. The molecular formula is C17H25N3O4S. The van der Waals surface area contributed by atoms with Gasteiger partial charge < -0.3 is 9.80 Å². The third kappa shape index (κ3) is 5.19. The smallest absolute Gasteiger partial charge is 0.331 e. The van der Waals surface area contributed by atoms with Gasteiger partial charge in [-0.25, -0.2) is 17.9 Å². The molecule has 1 saturated heterocycles. The number of nitrogens with zero attached hydrogens (tertiary/aromatic N) is 2. The molecule has 0 saturated carbocycles. The Morgan fingerprint density at radius 3 is 2.16 bits per heavy atom. The maximum absolute atomic E-state index is 12.3. The highest BCUT2D eigenvalue weighted by Crippen LogP contribution is 2.11. The van der Waals surface area contributed by atoms with Crippen molar-refractivity contribution < 1.29 is 18.0 Å². The molecule has 25 heavy (non-hydrogen) atoms. The van der Waals surface area contributed by atoms with Gasteiger partial charge in [0.2, 0.25) is 5.91 Å². The molecule has 0 atom stereocenters. The highest BCUT2D eigenvalue weighted by molar-refractivity contribution is 7.90. The van der Waals surface area contributed by atoms with Crippen LogP contribution in [0.5, 0.6) is 0 Å². The van der Waals surface area contributed by atoms with Crippen molar-refractivity contribution in [2.24, 2.45) is 0 Å². The number of carbonyl (C=O) groups excluding carboxylic acids is 2. The highest BCUT2D eigenvalue weighted by Gasteiger charge is 2.26. The van der Waals surface area contributed by atoms with Crippen LogP contribution < -0.4 is 4.72 Å². The molecule has 1 aliphatic rings. The van der Waals surface area contributed by atoms with Gasteiger partial charge >= 0.3 is 6.03 Å². The van der Waals surface area contributed by atoms with E-state index in [1.165, 1.54) is 17.0 Å². The van der Waals surface area contributed by atoms with Crippen LogP contribution in [0, 0.1) is 6.92 Å². The van der Waals surface area contributed by atoms with E-state index in [1.54, 1.807) is 17.0 Å². The standard InChI is InChI=1S/C17H25N3O4S/c1-3-4-5-16(21)19-10-12-20(13-11-19)17(22)18-25(23,24)15-8-6-14(2)7-9-15/h6-9H,3-5,10-13H2,1-2H3,(H,18,22). The van der Waals surface area contributed by atoms with E-state index in [9.17, 15) is 18.0 Å². The van der Waals surface area contributed by atoms with Crippen LogP contribution in [0.1, 0.15) is 31.7 Å². The molecule has 1 aromatic carbocycles. The summed E-state index contributed by atoms with van der Waals surface area (Å²) in [5.74, 6) is 0.0918. The number of hydrogen-bond acceptors (Lipinski definition) is 4. The number of amides is 3. The fourth-order valence-corrected chi connectivity index (χ4v) is 3.57. The SMILES string of the molecule is CCCCC(=O)N1CCN(C(=O)NS(=O)(=O)c2ccc(C)cc2)CC1. The fraction of sp³-hybridized carbons (Fsp3) is 0.529. The zero-order valence-corrected chi connectivity index (χ0v) is 15.5. The minimum absolute atomic E-state index is 0.0554. The van der Waals surface area contributed by atoms with Gasteiger partial charge in [0.25, 0.3) is 10.0 Å². The van der Waals surface area contributed by atoms with E-state index in [1.807, 2.05) is 13.8 Å². The fourth-order valence-electron chi connectivity index (χ4n) is 2.60. The van der Waals surface area contributed by atoms with Crippen molar-refractivity contribution in [1.29, 1.82) is 0 Å². The van der Waals surface area contributed by atoms with Crippen molar-refractivity contribution in [2.75, 3.05) is 26.2 Å². The molecule has 8 heteroatoms. The Kier molecular flexibility index (Phi) is 6.41. The molecule has 0 unspecified atom stereocenters. The van der Waals surface area contributed by atoms with Crippen LogP contribution in [0.4, 0.5) is 4.79 Å². The van der Waals surface area contributed by atoms with E-state index in [-0.39, 0.29) is 10.8 Å². The molecule has 1 aliphatic heterocycles. The maximum atomic E-state index is 12.3. The number of benzene rings is 1. The van der Waals surface area contributed by atoms with Gasteiger partial charge in [-0.2, -0.15) is 0 Å². The molecule has 3 amide bonds. The number of aryl methyl sites for hydroxylation is 1. The first-order valence-electron chi connectivity index (χ1n) is 8.49. The lowest BCUT2D eigenvalue weighted by Gasteiger charge is -2.34. The minimum atomic E-state index is -3.89. The van der Waals surface area contributed by atoms with Gasteiger partial charge in [0, 0.05) is 32.6 Å². The quantitative estimate of drug-likeness (QED) is 0.859. The van der Waals surface area contributed by atoms with E-state index >= 15 is 0 Å². The van der Waals surface area contributed by atoms with Crippen molar-refractivity contribution in [3.05, 3.63) is 29.8 Å². The van der Waals surface area contributed by atoms with Gasteiger partial charge in [0.05, 0.1) is 4.90 Å². The summed E-state index contributed by atoms with van der Waals surface area (Å²) in [7, 11) is -3.89. The summed E-state index contributed by atoms with van der Waals surface area (Å²) >= 11 is 0. The monoisotopic (exact) mass is 367 g/mol. The van der Waals surface area contributed by atoms with E-state index < -0.39 is 16.1 Å². The van der Waals surface area contributed by atoms with Gasteiger partial charge in [-0.15, -0.1) is 0 Å². The highest BCUT2D eigenvalue weighted by atomic mass is 32.2. The second kappa shape index (κ2) is 8.33. The summed E-state index contributed by atoms with van der Waals surface area (Å²) in [6.45, 7) is 5.40. The van der Waals surface area contributed by atoms with Crippen molar-refractivity contribution >= 4 is 22.0 Å². The van der Waals surface area contributed by atoms with Crippen LogP contribution in [0.3, 0.4) is 0 Å². The Morgan fingerprint density at radius 2 is 1.60 bits per heavy atom. The number of urea groups is 1. The molecule has 0 aliphatic carbocycles. The third-order valence-corrected chi connectivity index (χ3v) is 5.55. The van der Waals surface area contributed by atoms with Crippen LogP contribution in [0.15, 0.2) is 29.2 Å². The summed E-state index contributed by atoms with van der Waals surface area (Å²) in [5.41, 5.74) is 0.939. The average Bonchev–Trinajstić information content (AvgIpc) is 2.59. The van der Waals surface area contributed by atoms with Crippen LogP contribution in [0.25, 0.3) is 0 Å². The zero-order valence-electron chi connectivity index (χ0n) is 14.7. The number of hydrogen-bond donors (Lipinski definition) is 1. The molecule has 7 nitrogen and oxygen atoms in total. The largest absolute Gasteiger partial charge is 0.339 e. The lowest BCUT2D eigenvalue weighted by atomic mass is 10.2. The Morgan fingerprint density at radius 1 is 1.04 bits per heavy atom. The topological polar surface area (TPSA) is 86.8 Å². The predicted octanol–water partition coefficient (Wildman–Crippen LogP) is 1.73. The van der Waals surface area contributed by atoms with Crippen LogP contribution in [-0.4, -0.2) is 56.3 Å². The molecule has 0 aromatic heterocycles. The maximum Gasteiger partial charge on any atom is 0.331 e. The second-order valence-corrected chi connectivity index (χ2v) is 7.88.